The Morgan fingerprint density at radius 3 is 2.65 bits per heavy atom. The van der Waals surface area contributed by atoms with Gasteiger partial charge in [0.2, 0.25) is 11.8 Å². The number of carbonyl (C=O) groups is 3. The van der Waals surface area contributed by atoms with Gasteiger partial charge in [0.25, 0.3) is 5.91 Å². The van der Waals surface area contributed by atoms with Crippen molar-refractivity contribution in [3.8, 4) is 11.5 Å². The van der Waals surface area contributed by atoms with Gasteiger partial charge in [-0.2, -0.15) is 0 Å². The van der Waals surface area contributed by atoms with Crippen LogP contribution in [-0.2, 0) is 9.59 Å². The lowest BCUT2D eigenvalue weighted by Gasteiger charge is -2.23. The number of amides is 3. The van der Waals surface area contributed by atoms with Crippen molar-refractivity contribution in [1.82, 2.24) is 15.6 Å². The van der Waals surface area contributed by atoms with E-state index in [0.717, 1.165) is 25.7 Å². The van der Waals surface area contributed by atoms with Crippen molar-refractivity contribution in [2.24, 2.45) is 5.92 Å². The van der Waals surface area contributed by atoms with Gasteiger partial charge in [-0.15, -0.1) is 0 Å². The summed E-state index contributed by atoms with van der Waals surface area (Å²) < 4.78 is 11.5. The quantitative estimate of drug-likeness (QED) is 0.663. The van der Waals surface area contributed by atoms with Gasteiger partial charge in [0.05, 0.1) is 25.2 Å². The second-order valence-corrected chi connectivity index (χ2v) is 7.85. The van der Waals surface area contributed by atoms with Crippen LogP contribution in [0.3, 0.4) is 0 Å². The molecule has 2 N–H and O–H groups in total. The van der Waals surface area contributed by atoms with Crippen LogP contribution in [0.25, 0.3) is 0 Å². The molecule has 2 aromatic rings. The van der Waals surface area contributed by atoms with E-state index in [2.05, 4.69) is 15.6 Å². The third kappa shape index (κ3) is 4.68. The molecule has 4 rings (SSSR count). The summed E-state index contributed by atoms with van der Waals surface area (Å²) in [5, 5.41) is 5.22. The molecule has 1 aliphatic carbocycles. The largest absolute Gasteiger partial charge is 0.493 e. The fourth-order valence-corrected chi connectivity index (χ4v) is 4.14. The van der Waals surface area contributed by atoms with Gasteiger partial charge in [-0.25, -0.2) is 0 Å². The number of hydrogen-bond donors (Lipinski definition) is 2. The van der Waals surface area contributed by atoms with Gasteiger partial charge in [0.15, 0.2) is 11.5 Å². The Hall–Kier alpha value is -3.42. The second-order valence-electron chi connectivity index (χ2n) is 7.85. The zero-order chi connectivity index (χ0) is 21.8. The Morgan fingerprint density at radius 2 is 2.00 bits per heavy atom. The van der Waals surface area contributed by atoms with Gasteiger partial charge in [-0.1, -0.05) is 6.07 Å². The van der Waals surface area contributed by atoms with E-state index in [4.69, 9.17) is 9.47 Å². The molecule has 1 unspecified atom stereocenters. The van der Waals surface area contributed by atoms with Gasteiger partial charge in [-0.05, 0) is 55.5 Å². The predicted molar refractivity (Wildman–Crippen MR) is 112 cm³/mol. The highest BCUT2D eigenvalue weighted by Crippen LogP contribution is 2.33. The molecule has 2 fully saturated rings. The van der Waals surface area contributed by atoms with Crippen LogP contribution < -0.4 is 20.1 Å². The number of methoxy groups -OCH3 is 1. The Kier molecular flexibility index (Phi) is 6.16. The van der Waals surface area contributed by atoms with Gasteiger partial charge >= 0.3 is 0 Å². The SMILES string of the molecule is COc1ccc(C(=O)NC(c2cccnc2)[C@@H]2CC(=O)NC2=O)cc1OC1CCCC1. The topological polar surface area (TPSA) is 107 Å². The number of aromatic nitrogens is 1. The molecule has 1 aliphatic heterocycles. The van der Waals surface area contributed by atoms with Crippen molar-refractivity contribution in [3.05, 3.63) is 53.9 Å². The van der Waals surface area contributed by atoms with Gasteiger partial charge < -0.3 is 14.8 Å². The summed E-state index contributed by atoms with van der Waals surface area (Å²) in [7, 11) is 1.56. The van der Waals surface area contributed by atoms with Crippen molar-refractivity contribution < 1.29 is 23.9 Å². The molecular weight excluding hydrogens is 398 g/mol. The molecule has 8 heteroatoms. The highest BCUT2D eigenvalue weighted by atomic mass is 16.5. The summed E-state index contributed by atoms with van der Waals surface area (Å²) in [5.41, 5.74) is 1.04. The smallest absolute Gasteiger partial charge is 0.251 e. The third-order valence-electron chi connectivity index (χ3n) is 5.76. The van der Waals surface area contributed by atoms with Crippen LogP contribution in [0.1, 0.15) is 54.1 Å². The van der Waals surface area contributed by atoms with Crippen molar-refractivity contribution in [2.75, 3.05) is 7.11 Å². The Bertz CT molecular complexity index is 972. The van der Waals surface area contributed by atoms with Gasteiger partial charge in [0.1, 0.15) is 0 Å². The zero-order valence-electron chi connectivity index (χ0n) is 17.3. The average Bonchev–Trinajstić information content (AvgIpc) is 3.41. The summed E-state index contributed by atoms with van der Waals surface area (Å²) in [5.74, 6) is -0.746. The Morgan fingerprint density at radius 1 is 1.19 bits per heavy atom. The molecule has 1 aromatic heterocycles. The zero-order valence-corrected chi connectivity index (χ0v) is 17.3. The number of imide groups is 1. The van der Waals surface area contributed by atoms with Crippen LogP contribution in [0.15, 0.2) is 42.7 Å². The summed E-state index contributed by atoms with van der Waals surface area (Å²) >= 11 is 0. The minimum absolute atomic E-state index is 0.0112. The number of pyridine rings is 1. The lowest BCUT2D eigenvalue weighted by atomic mass is 9.92. The molecule has 2 aliphatic rings. The van der Waals surface area contributed by atoms with Crippen molar-refractivity contribution in [3.63, 3.8) is 0 Å². The molecule has 1 saturated carbocycles. The van der Waals surface area contributed by atoms with Crippen LogP contribution in [0.4, 0.5) is 0 Å². The van der Waals surface area contributed by atoms with E-state index < -0.39 is 17.9 Å². The molecule has 0 radical (unpaired) electrons. The first-order valence-corrected chi connectivity index (χ1v) is 10.4. The first-order valence-electron chi connectivity index (χ1n) is 10.4. The van der Waals surface area contributed by atoms with E-state index >= 15 is 0 Å². The van der Waals surface area contributed by atoms with E-state index in [1.807, 2.05) is 0 Å². The standard InChI is InChI=1S/C23H25N3O5/c1-30-18-9-8-14(11-19(18)31-16-6-2-3-7-16)22(28)26-21(15-5-4-10-24-13-15)17-12-20(27)25-23(17)29/h4-5,8-11,13,16-17,21H,2-3,6-7,12H2,1H3,(H,26,28)(H,25,27,29)/t17-,21?/m0/s1. The summed E-state index contributed by atoms with van der Waals surface area (Å²) in [6.45, 7) is 0. The lowest BCUT2D eigenvalue weighted by Crippen LogP contribution is -2.36. The molecular formula is C23H25N3O5. The maximum absolute atomic E-state index is 13.1. The Labute approximate surface area is 180 Å². The summed E-state index contributed by atoms with van der Waals surface area (Å²) in [6.07, 6.45) is 7.54. The molecule has 3 amide bonds. The van der Waals surface area contributed by atoms with Crippen molar-refractivity contribution in [2.45, 2.75) is 44.2 Å². The predicted octanol–water partition coefficient (Wildman–Crippen LogP) is 2.55. The first-order chi connectivity index (χ1) is 15.0. The monoisotopic (exact) mass is 423 g/mol. The summed E-state index contributed by atoms with van der Waals surface area (Å²) in [4.78, 5) is 41.3. The van der Waals surface area contributed by atoms with Gasteiger partial charge in [0, 0.05) is 24.4 Å². The van der Waals surface area contributed by atoms with Crippen LogP contribution >= 0.6 is 0 Å². The van der Waals surface area contributed by atoms with E-state index in [0.29, 0.717) is 22.6 Å². The number of carbonyl (C=O) groups excluding carboxylic acids is 3. The molecule has 0 bridgehead atoms. The average molecular weight is 423 g/mol. The molecule has 2 atom stereocenters. The van der Waals surface area contributed by atoms with E-state index in [9.17, 15) is 14.4 Å². The second kappa shape index (κ2) is 9.16. The molecule has 31 heavy (non-hydrogen) atoms. The van der Waals surface area contributed by atoms with Crippen LogP contribution in [-0.4, -0.2) is 35.9 Å². The molecule has 2 heterocycles. The van der Waals surface area contributed by atoms with Crippen LogP contribution in [0.5, 0.6) is 11.5 Å². The van der Waals surface area contributed by atoms with Gasteiger partial charge in [-0.3, -0.25) is 24.7 Å². The normalized spacial score (nSPS) is 19.7. The minimum atomic E-state index is -0.701. The Balaban J connectivity index is 1.58. The van der Waals surface area contributed by atoms with E-state index in [1.165, 1.54) is 0 Å². The first kappa shape index (κ1) is 20.8. The number of hydrogen-bond acceptors (Lipinski definition) is 6. The summed E-state index contributed by atoms with van der Waals surface area (Å²) in [6, 6.07) is 7.82. The molecule has 162 valence electrons. The number of ether oxygens (including phenoxy) is 2. The minimum Gasteiger partial charge on any atom is -0.493 e. The fourth-order valence-electron chi connectivity index (χ4n) is 4.14. The van der Waals surface area contributed by atoms with Crippen molar-refractivity contribution >= 4 is 17.7 Å². The van der Waals surface area contributed by atoms with Crippen LogP contribution in [0.2, 0.25) is 0 Å². The molecule has 8 nitrogen and oxygen atoms in total. The maximum Gasteiger partial charge on any atom is 0.251 e. The van der Waals surface area contributed by atoms with E-state index in [1.54, 1.807) is 49.8 Å². The molecule has 1 aromatic carbocycles. The molecule has 0 spiro atoms. The highest BCUT2D eigenvalue weighted by molar-refractivity contribution is 6.04. The molecule has 1 saturated heterocycles. The number of nitrogens with one attached hydrogen (secondary N) is 2. The number of benzene rings is 1. The van der Waals surface area contributed by atoms with E-state index in [-0.39, 0.29) is 24.3 Å². The van der Waals surface area contributed by atoms with Crippen LogP contribution in [0, 0.1) is 5.92 Å². The maximum atomic E-state index is 13.1. The number of nitrogens with zero attached hydrogens (tertiary/aromatic N) is 1. The number of rotatable bonds is 7. The highest BCUT2D eigenvalue weighted by Gasteiger charge is 2.38. The lowest BCUT2D eigenvalue weighted by molar-refractivity contribution is -0.126. The fraction of sp³-hybridized carbons (Fsp3) is 0.391. The third-order valence-corrected chi connectivity index (χ3v) is 5.76. The van der Waals surface area contributed by atoms with Crippen molar-refractivity contribution in [1.29, 1.82) is 0 Å².